The van der Waals surface area contributed by atoms with E-state index in [1.54, 1.807) is 48.5 Å². The highest BCUT2D eigenvalue weighted by atomic mass is 16.6. The van der Waals surface area contributed by atoms with Crippen LogP contribution in [0.5, 0.6) is 5.75 Å². The summed E-state index contributed by atoms with van der Waals surface area (Å²) in [6, 6.07) is 20.1. The van der Waals surface area contributed by atoms with E-state index < -0.39 is 35.2 Å². The summed E-state index contributed by atoms with van der Waals surface area (Å²) in [6.45, 7) is -0.517. The molecule has 0 saturated carbocycles. The van der Waals surface area contributed by atoms with Crippen molar-refractivity contribution in [3.8, 4) is 5.75 Å². The highest BCUT2D eigenvalue weighted by molar-refractivity contribution is 6.12. The first-order valence-corrected chi connectivity index (χ1v) is 9.39. The topological polar surface area (TPSA) is 107 Å². The van der Waals surface area contributed by atoms with Crippen LogP contribution in [-0.2, 0) is 4.79 Å². The molecule has 1 aliphatic rings. The highest BCUT2D eigenvalue weighted by Gasteiger charge is 2.38. The summed E-state index contributed by atoms with van der Waals surface area (Å²) in [5.41, 5.74) is 0.710. The number of non-ortho nitro benzene ring substituents is 1. The van der Waals surface area contributed by atoms with E-state index in [4.69, 9.17) is 4.74 Å². The maximum absolute atomic E-state index is 13.3. The van der Waals surface area contributed by atoms with Crippen molar-refractivity contribution in [2.45, 2.75) is 6.10 Å². The molecule has 0 N–H and O–H groups in total. The molecule has 0 aliphatic carbocycles. The second kappa shape index (κ2) is 8.19. The van der Waals surface area contributed by atoms with Crippen LogP contribution >= 0.6 is 0 Å². The summed E-state index contributed by atoms with van der Waals surface area (Å²) in [5, 5.41) is 10.8. The zero-order valence-corrected chi connectivity index (χ0v) is 16.1. The van der Waals surface area contributed by atoms with Crippen molar-refractivity contribution in [1.82, 2.24) is 4.90 Å². The number of nitro benzene ring substituents is 1. The monoisotopic (exact) mass is 416 g/mol. The van der Waals surface area contributed by atoms with Gasteiger partial charge in [-0.05, 0) is 24.3 Å². The van der Waals surface area contributed by atoms with Gasteiger partial charge in [-0.3, -0.25) is 29.4 Å². The van der Waals surface area contributed by atoms with Gasteiger partial charge in [-0.15, -0.1) is 0 Å². The number of Topliss-reactive ketones (excluding diaryl/α,β-unsaturated/α-hetero) is 1. The first kappa shape index (κ1) is 20.0. The van der Waals surface area contributed by atoms with Crippen molar-refractivity contribution < 1.29 is 24.0 Å². The molecule has 2 amide bonds. The van der Waals surface area contributed by atoms with E-state index in [-0.39, 0.29) is 22.6 Å². The Kier molecular flexibility index (Phi) is 5.28. The maximum Gasteiger partial charge on any atom is 0.275 e. The van der Waals surface area contributed by atoms with Crippen molar-refractivity contribution in [2.75, 3.05) is 6.54 Å². The summed E-state index contributed by atoms with van der Waals surface area (Å²) in [6.07, 6.45) is -1.10. The van der Waals surface area contributed by atoms with Crippen LogP contribution in [0.1, 0.15) is 32.4 Å². The maximum atomic E-state index is 13.3. The molecule has 0 aromatic heterocycles. The minimum absolute atomic E-state index is 0.154. The van der Waals surface area contributed by atoms with Gasteiger partial charge in [-0.25, -0.2) is 0 Å². The minimum Gasteiger partial charge on any atom is -0.475 e. The quantitative estimate of drug-likeness (QED) is 0.272. The van der Waals surface area contributed by atoms with Crippen LogP contribution in [0.3, 0.4) is 0 Å². The molecule has 3 aromatic carbocycles. The number of para-hydroxylation sites is 1. The molecule has 0 bridgehead atoms. The Bertz CT molecular complexity index is 1170. The number of nitro groups is 1. The number of imide groups is 1. The molecule has 8 nitrogen and oxygen atoms in total. The van der Waals surface area contributed by atoms with Crippen LogP contribution in [0, 0.1) is 10.1 Å². The van der Waals surface area contributed by atoms with Crippen molar-refractivity contribution in [3.05, 3.63) is 106 Å². The Morgan fingerprint density at radius 2 is 1.58 bits per heavy atom. The first-order valence-electron chi connectivity index (χ1n) is 9.39. The molecule has 154 valence electrons. The minimum atomic E-state index is -1.10. The van der Waals surface area contributed by atoms with Crippen LogP contribution in [0.15, 0.2) is 78.9 Å². The third-order valence-electron chi connectivity index (χ3n) is 4.90. The van der Waals surface area contributed by atoms with Gasteiger partial charge >= 0.3 is 0 Å². The van der Waals surface area contributed by atoms with Gasteiger partial charge in [0.05, 0.1) is 17.0 Å². The molecule has 0 saturated heterocycles. The van der Waals surface area contributed by atoms with Gasteiger partial charge in [0.25, 0.3) is 17.5 Å². The Labute approximate surface area is 176 Å². The van der Waals surface area contributed by atoms with Gasteiger partial charge in [0.15, 0.2) is 5.78 Å². The summed E-state index contributed by atoms with van der Waals surface area (Å²) in [4.78, 5) is 50.3. The van der Waals surface area contributed by atoms with E-state index >= 15 is 0 Å². The van der Waals surface area contributed by atoms with Gasteiger partial charge in [0.1, 0.15) is 5.75 Å². The van der Waals surface area contributed by atoms with E-state index in [2.05, 4.69) is 0 Å². The molecule has 31 heavy (non-hydrogen) atoms. The van der Waals surface area contributed by atoms with Crippen molar-refractivity contribution in [1.29, 1.82) is 0 Å². The molecule has 0 radical (unpaired) electrons. The standard InChI is InChI=1S/C23H16N2O6/c26-19(15-10-12-17(13-11-15)25(29)30)14-24-22(27)18-8-4-5-9-20(18)31-21(23(24)28)16-6-2-1-3-7-16/h1-13,21H,14H2/t21-/m0/s1. The van der Waals surface area contributed by atoms with Gasteiger partial charge < -0.3 is 4.74 Å². The molecule has 1 aliphatic heterocycles. The fourth-order valence-electron chi connectivity index (χ4n) is 3.30. The van der Waals surface area contributed by atoms with E-state index in [1.165, 1.54) is 30.3 Å². The lowest BCUT2D eigenvalue weighted by molar-refractivity contribution is -0.384. The van der Waals surface area contributed by atoms with Crippen LogP contribution in [0.25, 0.3) is 0 Å². The van der Waals surface area contributed by atoms with Crippen LogP contribution < -0.4 is 4.74 Å². The molecule has 1 heterocycles. The number of amides is 2. The summed E-state index contributed by atoms with van der Waals surface area (Å²) < 4.78 is 5.89. The number of benzene rings is 3. The Balaban J connectivity index is 1.69. The lowest BCUT2D eigenvalue weighted by atomic mass is 10.1. The van der Waals surface area contributed by atoms with E-state index in [0.29, 0.717) is 5.56 Å². The summed E-state index contributed by atoms with van der Waals surface area (Å²) in [7, 11) is 0. The zero-order valence-electron chi connectivity index (χ0n) is 16.1. The Hall–Kier alpha value is -4.33. The predicted octanol–water partition coefficient (Wildman–Crippen LogP) is 3.58. The summed E-state index contributed by atoms with van der Waals surface area (Å²) >= 11 is 0. The van der Waals surface area contributed by atoms with E-state index in [1.807, 2.05) is 0 Å². The summed E-state index contributed by atoms with van der Waals surface area (Å²) in [5.74, 6) is -1.58. The number of carbonyl (C=O) groups excluding carboxylic acids is 3. The number of rotatable bonds is 5. The smallest absolute Gasteiger partial charge is 0.275 e. The van der Waals surface area contributed by atoms with Gasteiger partial charge in [-0.1, -0.05) is 42.5 Å². The third-order valence-corrected chi connectivity index (χ3v) is 4.90. The fraction of sp³-hybridized carbons (Fsp3) is 0.0870. The van der Waals surface area contributed by atoms with E-state index in [0.717, 1.165) is 4.90 Å². The van der Waals surface area contributed by atoms with Gasteiger partial charge in [-0.2, -0.15) is 0 Å². The lowest BCUT2D eigenvalue weighted by Gasteiger charge is -2.22. The Morgan fingerprint density at radius 1 is 0.935 bits per heavy atom. The predicted molar refractivity (Wildman–Crippen MR) is 110 cm³/mol. The molecule has 0 unspecified atom stereocenters. The van der Waals surface area contributed by atoms with Gasteiger partial charge in [0, 0.05) is 23.3 Å². The number of ketones is 1. The number of hydrogen-bond donors (Lipinski definition) is 0. The largest absolute Gasteiger partial charge is 0.475 e. The molecule has 3 aromatic rings. The average molecular weight is 416 g/mol. The Morgan fingerprint density at radius 3 is 2.26 bits per heavy atom. The normalized spacial score (nSPS) is 15.6. The van der Waals surface area contributed by atoms with Crippen LogP contribution in [0.2, 0.25) is 0 Å². The number of ether oxygens (including phenoxy) is 1. The number of nitrogens with zero attached hydrogens (tertiary/aromatic N) is 2. The SMILES string of the molecule is O=C(CN1C(=O)c2ccccc2O[C@@H](c2ccccc2)C1=O)c1ccc([N+](=O)[O-])cc1. The number of carbonyl (C=O) groups is 3. The molecule has 0 spiro atoms. The number of fused-ring (bicyclic) bond motifs is 1. The van der Waals surface area contributed by atoms with Crippen LogP contribution in [0.4, 0.5) is 5.69 Å². The molecular weight excluding hydrogens is 400 g/mol. The fourth-order valence-corrected chi connectivity index (χ4v) is 3.30. The molecule has 8 heteroatoms. The molecule has 4 rings (SSSR count). The van der Waals surface area contributed by atoms with E-state index in [9.17, 15) is 24.5 Å². The van der Waals surface area contributed by atoms with Crippen molar-refractivity contribution >= 4 is 23.3 Å². The first-order chi connectivity index (χ1) is 15.0. The number of hydrogen-bond acceptors (Lipinski definition) is 6. The second-order valence-electron chi connectivity index (χ2n) is 6.86. The zero-order chi connectivity index (χ0) is 22.0. The van der Waals surface area contributed by atoms with Crippen molar-refractivity contribution in [3.63, 3.8) is 0 Å². The van der Waals surface area contributed by atoms with Crippen LogP contribution in [-0.4, -0.2) is 34.0 Å². The van der Waals surface area contributed by atoms with Crippen molar-refractivity contribution in [2.24, 2.45) is 0 Å². The third kappa shape index (κ3) is 3.91. The van der Waals surface area contributed by atoms with Gasteiger partial charge in [0.2, 0.25) is 6.10 Å². The molecular formula is C23H16N2O6. The lowest BCUT2D eigenvalue weighted by Crippen LogP contribution is -2.42. The highest BCUT2D eigenvalue weighted by Crippen LogP contribution is 2.32. The average Bonchev–Trinajstić information content (AvgIpc) is 2.90. The second-order valence-corrected chi connectivity index (χ2v) is 6.86. The molecule has 1 atom stereocenters. The molecule has 0 fully saturated rings.